The first-order chi connectivity index (χ1) is 14.3. The lowest BCUT2D eigenvalue weighted by atomic mass is 10.0. The highest BCUT2D eigenvalue weighted by atomic mass is 35.5. The van der Waals surface area contributed by atoms with Gasteiger partial charge in [0.05, 0.1) is 5.60 Å². The minimum Gasteiger partial charge on any atom is -0.479 e. The van der Waals surface area contributed by atoms with Crippen molar-refractivity contribution in [3.63, 3.8) is 0 Å². The number of aliphatic hydroxyl groups is 3. The van der Waals surface area contributed by atoms with Gasteiger partial charge in [0, 0.05) is 42.8 Å². The van der Waals surface area contributed by atoms with Crippen molar-refractivity contribution in [1.82, 2.24) is 10.2 Å². The van der Waals surface area contributed by atoms with Gasteiger partial charge < -0.3 is 30.8 Å². The van der Waals surface area contributed by atoms with Crippen LogP contribution in [-0.2, 0) is 16.1 Å². The summed E-state index contributed by atoms with van der Waals surface area (Å²) in [6, 6.07) is 5.65. The van der Waals surface area contributed by atoms with E-state index in [2.05, 4.69) is 10.2 Å². The zero-order valence-corrected chi connectivity index (χ0v) is 19.0. The van der Waals surface area contributed by atoms with Gasteiger partial charge in [-0.1, -0.05) is 29.3 Å². The third-order valence-corrected chi connectivity index (χ3v) is 5.22. The van der Waals surface area contributed by atoms with Crippen molar-refractivity contribution in [2.45, 2.75) is 44.6 Å². The zero-order valence-electron chi connectivity index (χ0n) is 17.5. The summed E-state index contributed by atoms with van der Waals surface area (Å²) >= 11 is 12.2. The Balaban J connectivity index is 0.000000407. The molecule has 1 aromatic carbocycles. The molecule has 0 aliphatic carbocycles. The van der Waals surface area contributed by atoms with Crippen LogP contribution in [0.25, 0.3) is 0 Å². The van der Waals surface area contributed by atoms with Crippen LogP contribution in [0, 0.1) is 5.92 Å². The molecule has 176 valence electrons. The molecule has 1 saturated heterocycles. The fourth-order valence-electron chi connectivity index (χ4n) is 2.67. The molecule has 1 aromatic rings. The maximum Gasteiger partial charge on any atom is 0.335 e. The highest BCUT2D eigenvalue weighted by Crippen LogP contribution is 2.23. The van der Waals surface area contributed by atoms with Gasteiger partial charge in [-0.05, 0) is 43.9 Å². The van der Waals surface area contributed by atoms with Crippen LogP contribution < -0.4 is 5.32 Å². The van der Waals surface area contributed by atoms with Crippen molar-refractivity contribution in [2.75, 3.05) is 26.2 Å². The summed E-state index contributed by atoms with van der Waals surface area (Å²) in [7, 11) is 0. The van der Waals surface area contributed by atoms with E-state index >= 15 is 0 Å². The van der Waals surface area contributed by atoms with Gasteiger partial charge in [-0.3, -0.25) is 4.90 Å². The molecule has 0 aromatic heterocycles. The normalized spacial score (nSPS) is 16.1. The molecule has 1 aliphatic heterocycles. The Hall–Kier alpha value is -1.46. The lowest BCUT2D eigenvalue weighted by molar-refractivity contribution is -0.165. The summed E-state index contributed by atoms with van der Waals surface area (Å²) in [6.45, 7) is 8.54. The number of aliphatic hydroxyl groups excluding tert-OH is 2. The molecule has 1 heterocycles. The van der Waals surface area contributed by atoms with Crippen molar-refractivity contribution in [3.8, 4) is 0 Å². The Morgan fingerprint density at radius 3 is 2.10 bits per heavy atom. The summed E-state index contributed by atoms with van der Waals surface area (Å²) in [5, 5.41) is 47.1. The Bertz CT molecular complexity index is 721. The van der Waals surface area contributed by atoms with Gasteiger partial charge in [0.25, 0.3) is 0 Å². The molecule has 11 heteroatoms. The van der Waals surface area contributed by atoms with E-state index < -0.39 is 29.7 Å². The number of rotatable bonds is 10. The molecule has 0 amide bonds. The minimum atomic E-state index is -2.27. The molecule has 31 heavy (non-hydrogen) atoms. The Morgan fingerprint density at radius 2 is 1.71 bits per heavy atom. The third kappa shape index (κ3) is 10.6. The predicted molar refractivity (Wildman–Crippen MR) is 116 cm³/mol. The first-order valence-electron chi connectivity index (χ1n) is 9.71. The monoisotopic (exact) mass is 480 g/mol. The fraction of sp³-hybridized carbons (Fsp3) is 0.600. The summed E-state index contributed by atoms with van der Waals surface area (Å²) in [5.74, 6) is -2.84. The molecule has 2 atom stereocenters. The number of benzene rings is 1. The maximum atomic E-state index is 9.95. The summed E-state index contributed by atoms with van der Waals surface area (Å²) in [6.07, 6.45) is -3.78. The lowest BCUT2D eigenvalue weighted by Gasteiger charge is -2.34. The SMILES string of the molecule is CC(C)(O)CCN(Cc1ccc(Cl)cc1Cl)CC1CNC1.O=C(O)[C@H](O)[C@@H](O)C(=O)O. The topological polar surface area (TPSA) is 151 Å². The van der Waals surface area contributed by atoms with Gasteiger partial charge in [-0.2, -0.15) is 0 Å². The number of aliphatic carboxylic acids is 2. The van der Waals surface area contributed by atoms with Gasteiger partial charge in [-0.25, -0.2) is 9.59 Å². The summed E-state index contributed by atoms with van der Waals surface area (Å²) in [4.78, 5) is 21.9. The summed E-state index contributed by atoms with van der Waals surface area (Å²) < 4.78 is 0. The smallest absolute Gasteiger partial charge is 0.335 e. The molecule has 0 radical (unpaired) electrons. The lowest BCUT2D eigenvalue weighted by Crippen LogP contribution is -2.48. The molecular formula is C20H30Cl2N2O7. The second-order valence-corrected chi connectivity index (χ2v) is 8.97. The highest BCUT2D eigenvalue weighted by Gasteiger charge is 2.29. The van der Waals surface area contributed by atoms with Gasteiger partial charge in [0.1, 0.15) is 0 Å². The standard InChI is InChI=1S/C16H24Cl2N2O.C4H6O6/c1-16(2,21)5-6-20(10-12-8-19-9-12)11-13-3-4-14(17)7-15(13)18;5-1(3(7)8)2(6)4(9)10/h3-4,7,12,19,21H,5-6,8-11H2,1-2H3;1-2,5-6H,(H,7,8)(H,9,10)/t;1-,2-/m.1/s1. The largest absolute Gasteiger partial charge is 0.479 e. The van der Waals surface area contributed by atoms with Crippen LogP contribution in [0.3, 0.4) is 0 Å². The van der Waals surface area contributed by atoms with Crippen LogP contribution in [0.2, 0.25) is 10.0 Å². The van der Waals surface area contributed by atoms with E-state index in [9.17, 15) is 14.7 Å². The number of carboxylic acid groups (broad SMARTS) is 2. The van der Waals surface area contributed by atoms with E-state index in [1.807, 2.05) is 26.0 Å². The van der Waals surface area contributed by atoms with Crippen LogP contribution in [-0.4, -0.2) is 86.4 Å². The molecule has 2 rings (SSSR count). The molecule has 9 nitrogen and oxygen atoms in total. The van der Waals surface area contributed by atoms with E-state index in [0.717, 1.165) is 44.7 Å². The van der Waals surface area contributed by atoms with Crippen LogP contribution in [0.15, 0.2) is 18.2 Å². The van der Waals surface area contributed by atoms with Crippen molar-refractivity contribution in [2.24, 2.45) is 5.92 Å². The van der Waals surface area contributed by atoms with Crippen molar-refractivity contribution >= 4 is 35.1 Å². The van der Waals surface area contributed by atoms with Crippen LogP contribution in [0.4, 0.5) is 0 Å². The Labute approximate surface area is 191 Å². The Morgan fingerprint density at radius 1 is 1.16 bits per heavy atom. The van der Waals surface area contributed by atoms with Crippen molar-refractivity contribution in [1.29, 1.82) is 0 Å². The van der Waals surface area contributed by atoms with Gasteiger partial charge in [0.15, 0.2) is 12.2 Å². The van der Waals surface area contributed by atoms with E-state index in [1.54, 1.807) is 6.07 Å². The number of carboxylic acids is 2. The molecule has 0 unspecified atom stereocenters. The molecule has 1 aliphatic rings. The quantitative estimate of drug-likeness (QED) is 0.288. The van der Waals surface area contributed by atoms with Gasteiger partial charge >= 0.3 is 11.9 Å². The average molecular weight is 481 g/mol. The first kappa shape index (κ1) is 27.6. The first-order valence-corrected chi connectivity index (χ1v) is 10.5. The minimum absolute atomic E-state index is 0.639. The zero-order chi connectivity index (χ0) is 23.8. The third-order valence-electron chi connectivity index (χ3n) is 4.64. The number of hydrogen-bond acceptors (Lipinski definition) is 7. The molecule has 0 spiro atoms. The predicted octanol–water partition coefficient (Wildman–Crippen LogP) is 1.05. The second-order valence-electron chi connectivity index (χ2n) is 8.12. The Kier molecular flexibility index (Phi) is 11.2. The number of nitrogens with one attached hydrogen (secondary N) is 1. The molecule has 6 N–H and O–H groups in total. The molecule has 1 fully saturated rings. The highest BCUT2D eigenvalue weighted by molar-refractivity contribution is 6.35. The van der Waals surface area contributed by atoms with Gasteiger partial charge in [0.2, 0.25) is 0 Å². The van der Waals surface area contributed by atoms with E-state index in [1.165, 1.54) is 0 Å². The van der Waals surface area contributed by atoms with E-state index in [4.69, 9.17) is 43.6 Å². The van der Waals surface area contributed by atoms with Crippen LogP contribution in [0.5, 0.6) is 0 Å². The number of nitrogens with zero attached hydrogens (tertiary/aromatic N) is 1. The fourth-order valence-corrected chi connectivity index (χ4v) is 3.14. The second kappa shape index (κ2) is 12.5. The number of halogens is 2. The molecular weight excluding hydrogens is 451 g/mol. The van der Waals surface area contributed by atoms with Crippen LogP contribution in [0.1, 0.15) is 25.8 Å². The number of carbonyl (C=O) groups is 2. The number of hydrogen-bond donors (Lipinski definition) is 6. The molecule has 0 saturated carbocycles. The summed E-state index contributed by atoms with van der Waals surface area (Å²) in [5.41, 5.74) is 0.448. The average Bonchev–Trinajstić information content (AvgIpc) is 2.62. The molecule has 0 bridgehead atoms. The van der Waals surface area contributed by atoms with Crippen LogP contribution >= 0.6 is 23.2 Å². The van der Waals surface area contributed by atoms with E-state index in [0.29, 0.717) is 16.0 Å². The maximum absolute atomic E-state index is 9.95. The van der Waals surface area contributed by atoms with Crippen molar-refractivity contribution in [3.05, 3.63) is 33.8 Å². The van der Waals surface area contributed by atoms with E-state index in [-0.39, 0.29) is 0 Å². The van der Waals surface area contributed by atoms with Crippen molar-refractivity contribution < 1.29 is 35.1 Å². The van der Waals surface area contributed by atoms with Gasteiger partial charge in [-0.15, -0.1) is 0 Å².